The predicted octanol–water partition coefficient (Wildman–Crippen LogP) is -0.489. The zero-order valence-electron chi connectivity index (χ0n) is 11.2. The Hall–Kier alpha value is -1.44. The van der Waals surface area contributed by atoms with Crippen LogP contribution in [0, 0.1) is 0 Å². The molecule has 0 aromatic rings. The molecular formula is C12H21NO6. The predicted molar refractivity (Wildman–Crippen MR) is 67.7 cm³/mol. The molecule has 0 aliphatic carbocycles. The Morgan fingerprint density at radius 1 is 1.05 bits per heavy atom. The van der Waals surface area contributed by atoms with E-state index < -0.39 is 5.97 Å². The lowest BCUT2D eigenvalue weighted by atomic mass is 10.5. The van der Waals surface area contributed by atoms with E-state index in [9.17, 15) is 9.59 Å². The molecule has 7 nitrogen and oxygen atoms in total. The molecule has 0 fully saturated rings. The minimum absolute atomic E-state index is 0.0701. The van der Waals surface area contributed by atoms with Crippen LogP contribution in [-0.2, 0) is 28.5 Å². The number of nitrogens with one attached hydrogen (secondary N) is 1. The van der Waals surface area contributed by atoms with E-state index in [0.717, 1.165) is 0 Å². The molecule has 0 spiro atoms. The van der Waals surface area contributed by atoms with Gasteiger partial charge in [-0.1, -0.05) is 6.58 Å². The standard InChI is InChI=1S/C12H21NO6/c1-3-11(14)13-4-5-17-6-7-18-8-9-19-10-12(15)16-2/h3H,1,4-10H2,2H3,(H,13,14). The van der Waals surface area contributed by atoms with Gasteiger partial charge in [0.15, 0.2) is 0 Å². The van der Waals surface area contributed by atoms with Crippen LogP contribution in [0.15, 0.2) is 12.7 Å². The average Bonchev–Trinajstić information content (AvgIpc) is 2.43. The van der Waals surface area contributed by atoms with Crippen molar-refractivity contribution < 1.29 is 28.5 Å². The maximum Gasteiger partial charge on any atom is 0.331 e. The highest BCUT2D eigenvalue weighted by Gasteiger charge is 1.98. The van der Waals surface area contributed by atoms with Crippen molar-refractivity contribution in [3.8, 4) is 0 Å². The molecule has 1 N–H and O–H groups in total. The number of esters is 1. The maximum atomic E-state index is 10.8. The molecule has 0 heterocycles. The Morgan fingerprint density at radius 2 is 1.63 bits per heavy atom. The van der Waals surface area contributed by atoms with E-state index in [0.29, 0.717) is 39.6 Å². The van der Waals surface area contributed by atoms with Crippen LogP contribution < -0.4 is 5.32 Å². The third-order valence-corrected chi connectivity index (χ3v) is 1.92. The van der Waals surface area contributed by atoms with Crippen molar-refractivity contribution in [3.63, 3.8) is 0 Å². The van der Waals surface area contributed by atoms with Gasteiger partial charge in [0.05, 0.1) is 40.1 Å². The second kappa shape index (κ2) is 13.0. The molecule has 7 heteroatoms. The number of carbonyl (C=O) groups is 2. The Labute approximate surface area is 112 Å². The first kappa shape index (κ1) is 17.6. The molecule has 0 atom stereocenters. The number of hydrogen-bond donors (Lipinski definition) is 1. The normalized spacial score (nSPS) is 9.95. The number of rotatable bonds is 12. The summed E-state index contributed by atoms with van der Waals surface area (Å²) in [6.45, 7) is 5.68. The molecule has 0 aromatic carbocycles. The summed E-state index contributed by atoms with van der Waals surface area (Å²) in [4.78, 5) is 21.4. The SMILES string of the molecule is C=CC(=O)NCCOCCOCCOCC(=O)OC. The van der Waals surface area contributed by atoms with Gasteiger partial charge in [-0.25, -0.2) is 4.79 Å². The molecule has 1 amide bonds. The molecule has 19 heavy (non-hydrogen) atoms. The lowest BCUT2D eigenvalue weighted by Gasteiger charge is -2.06. The fourth-order valence-electron chi connectivity index (χ4n) is 0.973. The lowest BCUT2D eigenvalue weighted by Crippen LogP contribution is -2.25. The van der Waals surface area contributed by atoms with Gasteiger partial charge in [0.2, 0.25) is 5.91 Å². The minimum atomic E-state index is -0.412. The summed E-state index contributed by atoms with van der Waals surface area (Å²) >= 11 is 0. The average molecular weight is 275 g/mol. The van der Waals surface area contributed by atoms with Crippen LogP contribution in [0.1, 0.15) is 0 Å². The molecule has 0 aromatic heterocycles. The fourth-order valence-corrected chi connectivity index (χ4v) is 0.973. The Kier molecular flexibility index (Phi) is 12.0. The second-order valence-electron chi connectivity index (χ2n) is 3.35. The maximum absolute atomic E-state index is 10.8. The highest BCUT2D eigenvalue weighted by atomic mass is 16.6. The minimum Gasteiger partial charge on any atom is -0.467 e. The Morgan fingerprint density at radius 3 is 2.21 bits per heavy atom. The number of carbonyl (C=O) groups excluding carboxylic acids is 2. The summed E-state index contributed by atoms with van der Waals surface area (Å²) in [5, 5.41) is 2.58. The van der Waals surface area contributed by atoms with E-state index in [1.807, 2.05) is 0 Å². The van der Waals surface area contributed by atoms with Crippen LogP contribution in [0.3, 0.4) is 0 Å². The topological polar surface area (TPSA) is 83.1 Å². The van der Waals surface area contributed by atoms with Crippen LogP contribution in [-0.4, -0.2) is 65.2 Å². The zero-order chi connectivity index (χ0) is 14.3. The van der Waals surface area contributed by atoms with Crippen molar-refractivity contribution in [1.82, 2.24) is 5.32 Å². The molecule has 0 aliphatic rings. The van der Waals surface area contributed by atoms with Crippen molar-refractivity contribution in [2.45, 2.75) is 0 Å². The van der Waals surface area contributed by atoms with Crippen molar-refractivity contribution in [2.75, 3.05) is 53.3 Å². The first-order chi connectivity index (χ1) is 9.20. The van der Waals surface area contributed by atoms with Gasteiger partial charge in [-0.2, -0.15) is 0 Å². The van der Waals surface area contributed by atoms with Crippen molar-refractivity contribution in [1.29, 1.82) is 0 Å². The summed E-state index contributed by atoms with van der Waals surface area (Å²) < 4.78 is 19.8. The van der Waals surface area contributed by atoms with E-state index in [-0.39, 0.29) is 12.5 Å². The smallest absolute Gasteiger partial charge is 0.331 e. The highest BCUT2D eigenvalue weighted by molar-refractivity contribution is 5.86. The van der Waals surface area contributed by atoms with Crippen LogP contribution in [0.5, 0.6) is 0 Å². The van der Waals surface area contributed by atoms with Gasteiger partial charge < -0.3 is 24.3 Å². The second-order valence-corrected chi connectivity index (χ2v) is 3.35. The van der Waals surface area contributed by atoms with E-state index in [4.69, 9.17) is 14.2 Å². The first-order valence-corrected chi connectivity index (χ1v) is 5.91. The van der Waals surface area contributed by atoms with Crippen LogP contribution in [0.4, 0.5) is 0 Å². The first-order valence-electron chi connectivity index (χ1n) is 5.91. The molecule has 0 rings (SSSR count). The van der Waals surface area contributed by atoms with E-state index in [1.54, 1.807) is 0 Å². The number of methoxy groups -OCH3 is 1. The summed E-state index contributed by atoms with van der Waals surface area (Å²) in [6.07, 6.45) is 1.21. The van der Waals surface area contributed by atoms with Gasteiger partial charge in [-0.05, 0) is 6.08 Å². The van der Waals surface area contributed by atoms with Crippen LogP contribution in [0.2, 0.25) is 0 Å². The molecule has 0 aliphatic heterocycles. The molecule has 0 saturated carbocycles. The van der Waals surface area contributed by atoms with Gasteiger partial charge in [-0.15, -0.1) is 0 Å². The van der Waals surface area contributed by atoms with Gasteiger partial charge >= 0.3 is 5.97 Å². The van der Waals surface area contributed by atoms with Crippen LogP contribution >= 0.6 is 0 Å². The molecular weight excluding hydrogens is 254 g/mol. The molecule has 0 unspecified atom stereocenters. The van der Waals surface area contributed by atoms with E-state index >= 15 is 0 Å². The van der Waals surface area contributed by atoms with Gasteiger partial charge in [0.1, 0.15) is 6.61 Å². The van der Waals surface area contributed by atoms with E-state index in [2.05, 4.69) is 16.6 Å². The quantitative estimate of drug-likeness (QED) is 0.294. The van der Waals surface area contributed by atoms with Crippen molar-refractivity contribution in [3.05, 3.63) is 12.7 Å². The van der Waals surface area contributed by atoms with Gasteiger partial charge in [0, 0.05) is 6.54 Å². The monoisotopic (exact) mass is 275 g/mol. The fraction of sp³-hybridized carbons (Fsp3) is 0.667. The third kappa shape index (κ3) is 12.8. The van der Waals surface area contributed by atoms with Crippen LogP contribution in [0.25, 0.3) is 0 Å². The molecule has 0 radical (unpaired) electrons. The van der Waals surface area contributed by atoms with Gasteiger partial charge in [-0.3, -0.25) is 4.79 Å². The summed E-state index contributed by atoms with van der Waals surface area (Å²) in [5.41, 5.74) is 0. The molecule has 0 saturated heterocycles. The summed E-state index contributed by atoms with van der Waals surface area (Å²) in [7, 11) is 1.30. The lowest BCUT2D eigenvalue weighted by molar-refractivity contribution is -0.146. The third-order valence-electron chi connectivity index (χ3n) is 1.92. The van der Waals surface area contributed by atoms with Crippen molar-refractivity contribution in [2.24, 2.45) is 0 Å². The largest absolute Gasteiger partial charge is 0.467 e. The zero-order valence-corrected chi connectivity index (χ0v) is 11.2. The molecule has 110 valence electrons. The highest BCUT2D eigenvalue weighted by Crippen LogP contribution is 1.82. The Bertz CT molecular complexity index is 269. The van der Waals surface area contributed by atoms with E-state index in [1.165, 1.54) is 13.2 Å². The number of ether oxygens (including phenoxy) is 4. The summed E-state index contributed by atoms with van der Waals surface area (Å²) in [6, 6.07) is 0. The van der Waals surface area contributed by atoms with Crippen molar-refractivity contribution >= 4 is 11.9 Å². The molecule has 0 bridgehead atoms. The summed E-state index contributed by atoms with van der Waals surface area (Å²) in [5.74, 6) is -0.632. The Balaban J connectivity index is 3.09. The number of amides is 1. The van der Waals surface area contributed by atoms with Gasteiger partial charge in [0.25, 0.3) is 0 Å². The number of hydrogen-bond acceptors (Lipinski definition) is 6.